The fraction of sp³-hybridized carbons (Fsp3) is 0.625. The van der Waals surface area contributed by atoms with Crippen molar-refractivity contribution in [3.05, 3.63) is 29.6 Å². The van der Waals surface area contributed by atoms with Crippen molar-refractivity contribution in [2.45, 2.75) is 38.1 Å². The van der Waals surface area contributed by atoms with Crippen molar-refractivity contribution in [1.29, 1.82) is 0 Å². The standard InChI is InChI=1S/C16H23N3O/c1-19-9-3-6-15(19)13-7-8-17-14(10-13)16(20)18-11-12-4-2-5-12/h7-8,10,12,15H,2-6,9,11H2,1H3,(H,18,20)/t15-/m1/s1. The van der Waals surface area contributed by atoms with Crippen molar-refractivity contribution >= 4 is 5.91 Å². The number of pyridine rings is 1. The molecule has 108 valence electrons. The van der Waals surface area contributed by atoms with Gasteiger partial charge in [0, 0.05) is 18.8 Å². The SMILES string of the molecule is CN1CCC[C@@H]1c1ccnc(C(=O)NCC2CCC2)c1. The number of carbonyl (C=O) groups excluding carboxylic acids is 1. The fourth-order valence-electron chi connectivity index (χ4n) is 3.13. The van der Waals surface area contributed by atoms with Crippen LogP contribution in [0.2, 0.25) is 0 Å². The number of hydrogen-bond donors (Lipinski definition) is 1. The van der Waals surface area contributed by atoms with Crippen molar-refractivity contribution < 1.29 is 4.79 Å². The molecule has 1 aromatic rings. The van der Waals surface area contributed by atoms with E-state index in [1.165, 1.54) is 37.7 Å². The van der Waals surface area contributed by atoms with Crippen LogP contribution in [0.15, 0.2) is 18.3 Å². The summed E-state index contributed by atoms with van der Waals surface area (Å²) in [5, 5.41) is 3.01. The van der Waals surface area contributed by atoms with Gasteiger partial charge in [0.05, 0.1) is 0 Å². The summed E-state index contributed by atoms with van der Waals surface area (Å²) in [5.74, 6) is 0.655. The zero-order valence-corrected chi connectivity index (χ0v) is 12.1. The van der Waals surface area contributed by atoms with Crippen LogP contribution in [0.25, 0.3) is 0 Å². The molecule has 1 saturated carbocycles. The summed E-state index contributed by atoms with van der Waals surface area (Å²) in [6.45, 7) is 1.93. The molecule has 0 bridgehead atoms. The molecular formula is C16H23N3O. The third-order valence-electron chi connectivity index (χ3n) is 4.70. The number of hydrogen-bond acceptors (Lipinski definition) is 3. The zero-order chi connectivity index (χ0) is 13.9. The van der Waals surface area contributed by atoms with E-state index in [2.05, 4.69) is 22.2 Å². The van der Waals surface area contributed by atoms with E-state index < -0.39 is 0 Å². The minimum Gasteiger partial charge on any atom is -0.350 e. The monoisotopic (exact) mass is 273 g/mol. The van der Waals surface area contributed by atoms with Gasteiger partial charge in [-0.25, -0.2) is 0 Å². The molecule has 4 nitrogen and oxygen atoms in total. The third-order valence-corrected chi connectivity index (χ3v) is 4.70. The van der Waals surface area contributed by atoms with Crippen LogP contribution in [-0.2, 0) is 0 Å². The molecule has 2 fully saturated rings. The Labute approximate surface area is 120 Å². The second kappa shape index (κ2) is 5.92. The Balaban J connectivity index is 1.65. The van der Waals surface area contributed by atoms with Crippen molar-refractivity contribution in [3.8, 4) is 0 Å². The Morgan fingerprint density at radius 1 is 1.40 bits per heavy atom. The van der Waals surface area contributed by atoms with E-state index >= 15 is 0 Å². The number of likely N-dealkylation sites (tertiary alicyclic amines) is 1. The van der Waals surface area contributed by atoms with Crippen LogP contribution in [0.1, 0.15) is 54.2 Å². The van der Waals surface area contributed by atoms with Gasteiger partial charge in [0.2, 0.25) is 0 Å². The fourth-order valence-corrected chi connectivity index (χ4v) is 3.13. The highest BCUT2D eigenvalue weighted by molar-refractivity contribution is 5.92. The Hall–Kier alpha value is -1.42. The van der Waals surface area contributed by atoms with Gasteiger partial charge in [0.15, 0.2) is 0 Å². The lowest BCUT2D eigenvalue weighted by Crippen LogP contribution is -2.32. The van der Waals surface area contributed by atoms with Gasteiger partial charge in [0.1, 0.15) is 5.69 Å². The summed E-state index contributed by atoms with van der Waals surface area (Å²) in [4.78, 5) is 18.7. The quantitative estimate of drug-likeness (QED) is 0.916. The summed E-state index contributed by atoms with van der Waals surface area (Å²) in [6.07, 6.45) is 7.97. The Morgan fingerprint density at radius 2 is 2.25 bits per heavy atom. The average molecular weight is 273 g/mol. The van der Waals surface area contributed by atoms with Crippen LogP contribution < -0.4 is 5.32 Å². The Kier molecular flexibility index (Phi) is 4.01. The Bertz CT molecular complexity index is 484. The minimum absolute atomic E-state index is 0.0283. The first-order valence-electron chi connectivity index (χ1n) is 7.68. The highest BCUT2D eigenvalue weighted by atomic mass is 16.1. The van der Waals surface area contributed by atoms with Gasteiger partial charge in [-0.2, -0.15) is 0 Å². The highest BCUT2D eigenvalue weighted by Gasteiger charge is 2.24. The van der Waals surface area contributed by atoms with Crippen molar-refractivity contribution in [2.75, 3.05) is 20.1 Å². The highest BCUT2D eigenvalue weighted by Crippen LogP contribution is 2.30. The second-order valence-electron chi connectivity index (χ2n) is 6.12. The van der Waals surface area contributed by atoms with Crippen LogP contribution >= 0.6 is 0 Å². The first-order valence-corrected chi connectivity index (χ1v) is 7.68. The number of carbonyl (C=O) groups is 1. The van der Waals surface area contributed by atoms with Crippen molar-refractivity contribution in [2.24, 2.45) is 5.92 Å². The molecule has 1 aliphatic heterocycles. The molecule has 0 aromatic carbocycles. The van der Waals surface area contributed by atoms with Crippen molar-refractivity contribution in [3.63, 3.8) is 0 Å². The zero-order valence-electron chi connectivity index (χ0n) is 12.1. The maximum Gasteiger partial charge on any atom is 0.269 e. The molecule has 1 atom stereocenters. The normalized spacial score (nSPS) is 23.6. The summed E-state index contributed by atoms with van der Waals surface area (Å²) in [5.41, 5.74) is 1.77. The number of rotatable bonds is 4. The van der Waals surface area contributed by atoms with E-state index in [1.54, 1.807) is 6.20 Å². The summed E-state index contributed by atoms with van der Waals surface area (Å²) >= 11 is 0. The first kappa shape index (κ1) is 13.6. The van der Waals surface area contributed by atoms with Crippen LogP contribution in [0.5, 0.6) is 0 Å². The van der Waals surface area contributed by atoms with E-state index in [1.807, 2.05) is 12.1 Å². The number of nitrogens with one attached hydrogen (secondary N) is 1. The average Bonchev–Trinajstić information content (AvgIpc) is 2.83. The van der Waals surface area contributed by atoms with Gasteiger partial charge in [-0.05, 0) is 62.9 Å². The molecule has 2 aliphatic rings. The van der Waals surface area contributed by atoms with Gasteiger partial charge in [-0.15, -0.1) is 0 Å². The molecule has 0 unspecified atom stereocenters. The van der Waals surface area contributed by atoms with Gasteiger partial charge >= 0.3 is 0 Å². The van der Waals surface area contributed by atoms with Crippen LogP contribution in [0.3, 0.4) is 0 Å². The Morgan fingerprint density at radius 3 is 2.90 bits per heavy atom. The molecule has 1 saturated heterocycles. The summed E-state index contributed by atoms with van der Waals surface area (Å²) < 4.78 is 0. The van der Waals surface area contributed by atoms with E-state index in [0.29, 0.717) is 17.7 Å². The molecule has 1 aliphatic carbocycles. The van der Waals surface area contributed by atoms with Gasteiger partial charge < -0.3 is 5.32 Å². The topological polar surface area (TPSA) is 45.2 Å². The van der Waals surface area contributed by atoms with E-state index in [9.17, 15) is 4.79 Å². The maximum atomic E-state index is 12.2. The predicted octanol–water partition coefficient (Wildman–Crippen LogP) is 2.38. The van der Waals surface area contributed by atoms with Gasteiger partial charge in [0.25, 0.3) is 5.91 Å². The molecule has 3 rings (SSSR count). The second-order valence-corrected chi connectivity index (χ2v) is 6.12. The number of amides is 1. The smallest absolute Gasteiger partial charge is 0.269 e. The largest absolute Gasteiger partial charge is 0.350 e. The third kappa shape index (κ3) is 2.85. The molecule has 20 heavy (non-hydrogen) atoms. The predicted molar refractivity (Wildman–Crippen MR) is 78.5 cm³/mol. The van der Waals surface area contributed by atoms with Gasteiger partial charge in [-0.1, -0.05) is 6.42 Å². The first-order chi connectivity index (χ1) is 9.74. The lowest BCUT2D eigenvalue weighted by Gasteiger charge is -2.25. The molecule has 1 N–H and O–H groups in total. The number of nitrogens with zero attached hydrogens (tertiary/aromatic N) is 2. The van der Waals surface area contributed by atoms with Gasteiger partial charge in [-0.3, -0.25) is 14.7 Å². The molecule has 0 radical (unpaired) electrons. The minimum atomic E-state index is -0.0283. The number of aromatic nitrogens is 1. The molecule has 1 amide bonds. The van der Waals surface area contributed by atoms with Crippen LogP contribution in [-0.4, -0.2) is 35.9 Å². The van der Waals surface area contributed by atoms with E-state index in [4.69, 9.17) is 0 Å². The van der Waals surface area contributed by atoms with E-state index in [0.717, 1.165) is 13.1 Å². The van der Waals surface area contributed by atoms with E-state index in [-0.39, 0.29) is 5.91 Å². The van der Waals surface area contributed by atoms with Crippen LogP contribution in [0.4, 0.5) is 0 Å². The summed E-state index contributed by atoms with van der Waals surface area (Å²) in [6, 6.07) is 4.44. The lowest BCUT2D eigenvalue weighted by atomic mass is 9.85. The maximum absolute atomic E-state index is 12.2. The molecule has 1 aromatic heterocycles. The molecular weight excluding hydrogens is 250 g/mol. The van der Waals surface area contributed by atoms with Crippen LogP contribution in [0, 0.1) is 5.92 Å². The molecule has 4 heteroatoms. The molecule has 2 heterocycles. The molecule has 0 spiro atoms. The van der Waals surface area contributed by atoms with Crippen molar-refractivity contribution in [1.82, 2.24) is 15.2 Å². The lowest BCUT2D eigenvalue weighted by molar-refractivity contribution is 0.0934. The summed E-state index contributed by atoms with van der Waals surface area (Å²) in [7, 11) is 2.15.